The van der Waals surface area contributed by atoms with Crippen LogP contribution in [0.15, 0.2) is 50.3 Å². The van der Waals surface area contributed by atoms with E-state index in [9.17, 15) is 14.7 Å². The minimum atomic E-state index is -1.19. The first-order valence-corrected chi connectivity index (χ1v) is 8.56. The molecule has 0 spiro atoms. The summed E-state index contributed by atoms with van der Waals surface area (Å²) < 4.78 is 6.78. The molecule has 0 aliphatic rings. The zero-order chi connectivity index (χ0) is 17.7. The average molecular weight is 455 g/mol. The van der Waals surface area contributed by atoms with Crippen molar-refractivity contribution in [2.24, 2.45) is 4.99 Å². The van der Waals surface area contributed by atoms with Crippen molar-refractivity contribution in [2.75, 3.05) is 6.54 Å². The number of rotatable bonds is 5. The highest BCUT2D eigenvalue weighted by Crippen LogP contribution is 2.33. The van der Waals surface area contributed by atoms with Gasteiger partial charge in [-0.3, -0.25) is 4.99 Å². The van der Waals surface area contributed by atoms with Gasteiger partial charge in [0.05, 0.1) is 15.6 Å². The number of carbonyl (C=O) groups excluding carboxylic acids is 1. The quantitative estimate of drug-likeness (QED) is 0.408. The Bertz CT molecular complexity index is 818. The van der Waals surface area contributed by atoms with Gasteiger partial charge in [0.2, 0.25) is 0 Å². The SMILES string of the molecule is CCN=Cc1cc(Br)cc(Br)c1OC(=O)c1ccccc1C(=O)O. The maximum atomic E-state index is 12.4. The minimum absolute atomic E-state index is 0.0156. The Morgan fingerprint density at radius 3 is 2.50 bits per heavy atom. The standard InChI is InChI=1S/C17H13Br2NO4/c1-2-20-9-10-7-11(18)8-14(19)15(10)24-17(23)13-6-4-3-5-12(13)16(21)22/h3-9H,2H2,1H3,(H,21,22). The van der Waals surface area contributed by atoms with E-state index in [0.717, 1.165) is 4.47 Å². The Morgan fingerprint density at radius 2 is 1.88 bits per heavy atom. The van der Waals surface area contributed by atoms with Crippen molar-refractivity contribution in [1.82, 2.24) is 0 Å². The van der Waals surface area contributed by atoms with Gasteiger partial charge in [0, 0.05) is 22.8 Å². The number of benzene rings is 2. The molecule has 0 unspecified atom stereocenters. The number of ether oxygens (including phenoxy) is 1. The van der Waals surface area contributed by atoms with Crippen molar-refractivity contribution in [1.29, 1.82) is 0 Å². The predicted molar refractivity (Wildman–Crippen MR) is 98.3 cm³/mol. The van der Waals surface area contributed by atoms with Gasteiger partial charge in [0.1, 0.15) is 0 Å². The lowest BCUT2D eigenvalue weighted by atomic mass is 10.1. The molecule has 0 aromatic heterocycles. The van der Waals surface area contributed by atoms with Crippen LogP contribution in [0.5, 0.6) is 5.75 Å². The van der Waals surface area contributed by atoms with Crippen LogP contribution in [0.25, 0.3) is 0 Å². The van der Waals surface area contributed by atoms with Crippen molar-refractivity contribution in [2.45, 2.75) is 6.92 Å². The molecule has 0 bridgehead atoms. The monoisotopic (exact) mass is 453 g/mol. The first-order chi connectivity index (χ1) is 11.4. The lowest BCUT2D eigenvalue weighted by molar-refractivity contribution is 0.0667. The Kier molecular flexibility index (Phi) is 6.28. The van der Waals surface area contributed by atoms with Crippen LogP contribution in [0, 0.1) is 0 Å². The van der Waals surface area contributed by atoms with Crippen molar-refractivity contribution in [3.8, 4) is 5.75 Å². The zero-order valence-electron chi connectivity index (χ0n) is 12.6. The molecule has 2 aromatic rings. The number of hydrogen-bond acceptors (Lipinski definition) is 4. The van der Waals surface area contributed by atoms with E-state index >= 15 is 0 Å². The fourth-order valence-electron chi connectivity index (χ4n) is 1.97. The van der Waals surface area contributed by atoms with Gasteiger partial charge in [-0.2, -0.15) is 0 Å². The van der Waals surface area contributed by atoms with Gasteiger partial charge in [-0.1, -0.05) is 28.1 Å². The molecule has 24 heavy (non-hydrogen) atoms. The van der Waals surface area contributed by atoms with Crippen LogP contribution in [0.3, 0.4) is 0 Å². The normalized spacial score (nSPS) is 10.8. The molecule has 0 amide bonds. The fraction of sp³-hybridized carbons (Fsp3) is 0.118. The summed E-state index contributed by atoms with van der Waals surface area (Å²) in [6.45, 7) is 2.47. The summed E-state index contributed by atoms with van der Waals surface area (Å²) in [5, 5.41) is 9.20. The smallest absolute Gasteiger partial charge is 0.344 e. The highest BCUT2D eigenvalue weighted by Gasteiger charge is 2.20. The van der Waals surface area contributed by atoms with Gasteiger partial charge in [0.15, 0.2) is 5.75 Å². The van der Waals surface area contributed by atoms with E-state index in [1.165, 1.54) is 12.1 Å². The van der Waals surface area contributed by atoms with Crippen molar-refractivity contribution >= 4 is 50.0 Å². The van der Waals surface area contributed by atoms with Gasteiger partial charge < -0.3 is 9.84 Å². The third-order valence-corrected chi connectivity index (χ3v) is 4.07. The average Bonchev–Trinajstić information content (AvgIpc) is 2.55. The molecule has 0 heterocycles. The van der Waals surface area contributed by atoms with E-state index in [0.29, 0.717) is 16.6 Å². The highest BCUT2D eigenvalue weighted by molar-refractivity contribution is 9.11. The summed E-state index contributed by atoms with van der Waals surface area (Å²) in [6, 6.07) is 9.40. The van der Waals surface area contributed by atoms with E-state index < -0.39 is 11.9 Å². The Morgan fingerprint density at radius 1 is 1.21 bits per heavy atom. The van der Waals surface area contributed by atoms with Crippen LogP contribution in [0.2, 0.25) is 0 Å². The van der Waals surface area contributed by atoms with E-state index in [-0.39, 0.29) is 16.9 Å². The third kappa shape index (κ3) is 4.30. The molecule has 5 nitrogen and oxygen atoms in total. The number of hydrogen-bond donors (Lipinski definition) is 1. The number of halogens is 2. The lowest BCUT2D eigenvalue weighted by Gasteiger charge is -2.11. The Balaban J connectivity index is 2.43. The predicted octanol–water partition coefficient (Wildman–Crippen LogP) is 4.57. The second-order valence-electron chi connectivity index (χ2n) is 4.67. The number of aromatic carboxylic acids is 1. The topological polar surface area (TPSA) is 76.0 Å². The van der Waals surface area contributed by atoms with E-state index in [1.54, 1.807) is 30.5 Å². The van der Waals surface area contributed by atoms with E-state index in [1.807, 2.05) is 6.92 Å². The van der Waals surface area contributed by atoms with Gasteiger partial charge in [-0.15, -0.1) is 0 Å². The maximum absolute atomic E-state index is 12.4. The zero-order valence-corrected chi connectivity index (χ0v) is 15.8. The molecule has 2 aromatic carbocycles. The molecule has 0 atom stereocenters. The van der Waals surface area contributed by atoms with Crippen LogP contribution in [0.1, 0.15) is 33.2 Å². The molecule has 0 radical (unpaired) electrons. The second-order valence-corrected chi connectivity index (χ2v) is 6.44. The maximum Gasteiger partial charge on any atom is 0.344 e. The summed E-state index contributed by atoms with van der Waals surface area (Å²) in [6.07, 6.45) is 1.60. The van der Waals surface area contributed by atoms with Crippen molar-refractivity contribution in [3.05, 3.63) is 62.0 Å². The molecule has 124 valence electrons. The fourth-order valence-corrected chi connectivity index (χ4v) is 3.31. The van der Waals surface area contributed by atoms with Crippen LogP contribution >= 0.6 is 31.9 Å². The summed E-state index contributed by atoms with van der Waals surface area (Å²) in [5.74, 6) is -1.66. The molecule has 0 aliphatic heterocycles. The number of carboxylic acids is 1. The van der Waals surface area contributed by atoms with E-state index in [4.69, 9.17) is 4.74 Å². The molecule has 7 heteroatoms. The largest absolute Gasteiger partial charge is 0.478 e. The van der Waals surface area contributed by atoms with Crippen LogP contribution in [-0.4, -0.2) is 29.8 Å². The van der Waals surface area contributed by atoms with Gasteiger partial charge in [-0.05, 0) is 47.1 Å². The summed E-state index contributed by atoms with van der Waals surface area (Å²) in [7, 11) is 0. The molecule has 0 fully saturated rings. The van der Waals surface area contributed by atoms with Crippen molar-refractivity contribution in [3.63, 3.8) is 0 Å². The molecule has 0 saturated carbocycles. The van der Waals surface area contributed by atoms with Gasteiger partial charge in [0.25, 0.3) is 0 Å². The number of carbonyl (C=O) groups is 2. The number of esters is 1. The molecule has 2 rings (SSSR count). The van der Waals surface area contributed by atoms with Gasteiger partial charge >= 0.3 is 11.9 Å². The summed E-state index contributed by atoms with van der Waals surface area (Å²) in [5.41, 5.74) is 0.469. The highest BCUT2D eigenvalue weighted by atomic mass is 79.9. The van der Waals surface area contributed by atoms with Crippen LogP contribution in [-0.2, 0) is 0 Å². The van der Waals surface area contributed by atoms with E-state index in [2.05, 4.69) is 36.9 Å². The van der Waals surface area contributed by atoms with Crippen LogP contribution in [0.4, 0.5) is 0 Å². The molecular formula is C17H13Br2NO4. The third-order valence-electron chi connectivity index (χ3n) is 3.02. The molecule has 0 saturated heterocycles. The Hall–Kier alpha value is -1.99. The number of aliphatic imine (C=N–C) groups is 1. The van der Waals surface area contributed by atoms with Crippen LogP contribution < -0.4 is 4.74 Å². The Labute approximate surface area is 155 Å². The first kappa shape index (κ1) is 18.4. The lowest BCUT2D eigenvalue weighted by Crippen LogP contribution is -2.15. The van der Waals surface area contributed by atoms with Gasteiger partial charge in [-0.25, -0.2) is 9.59 Å². The molecule has 0 aliphatic carbocycles. The summed E-state index contributed by atoms with van der Waals surface area (Å²) >= 11 is 6.72. The molecule has 1 N–H and O–H groups in total. The van der Waals surface area contributed by atoms with Crippen molar-refractivity contribution < 1.29 is 19.4 Å². The second kappa shape index (κ2) is 8.21. The minimum Gasteiger partial charge on any atom is -0.478 e. The molecular weight excluding hydrogens is 442 g/mol. The summed E-state index contributed by atoms with van der Waals surface area (Å²) in [4.78, 5) is 27.9. The number of nitrogens with zero attached hydrogens (tertiary/aromatic N) is 1. The number of carboxylic acid groups (broad SMARTS) is 1. The first-order valence-electron chi connectivity index (χ1n) is 6.97.